The minimum atomic E-state index is -0.536. The maximum absolute atomic E-state index is 11.9. The fraction of sp³-hybridized carbons (Fsp3) is 0.174. The van der Waals surface area contributed by atoms with Gasteiger partial charge in [-0.2, -0.15) is 5.26 Å². The number of anilines is 3. The Balaban J connectivity index is 1.49. The van der Waals surface area contributed by atoms with Crippen molar-refractivity contribution < 1.29 is 4.79 Å². The summed E-state index contributed by atoms with van der Waals surface area (Å²) in [6.07, 6.45) is 11.0. The van der Waals surface area contributed by atoms with Gasteiger partial charge in [0.1, 0.15) is 11.6 Å². The Kier molecular flexibility index (Phi) is 5.85. The first-order valence-electron chi connectivity index (χ1n) is 9.91. The quantitative estimate of drug-likeness (QED) is 0.564. The number of hydrogen-bond donors (Lipinski definition) is 3. The Bertz CT molecular complexity index is 1150. The summed E-state index contributed by atoms with van der Waals surface area (Å²) in [5.41, 5.74) is 9.57. The van der Waals surface area contributed by atoms with Crippen molar-refractivity contribution in [3.8, 4) is 6.07 Å². The summed E-state index contributed by atoms with van der Waals surface area (Å²) in [4.78, 5) is 24.3. The van der Waals surface area contributed by atoms with Gasteiger partial charge >= 0.3 is 0 Å². The molecule has 0 spiro atoms. The van der Waals surface area contributed by atoms with Crippen molar-refractivity contribution in [3.63, 3.8) is 0 Å². The number of primary amides is 1. The first-order valence-corrected chi connectivity index (χ1v) is 9.91. The molecule has 0 saturated heterocycles. The molecule has 1 aromatic carbocycles. The van der Waals surface area contributed by atoms with Gasteiger partial charge < -0.3 is 16.4 Å². The van der Waals surface area contributed by atoms with Crippen LogP contribution in [0.3, 0.4) is 0 Å². The predicted molar refractivity (Wildman–Crippen MR) is 118 cm³/mol. The molecular weight excluding hydrogens is 390 g/mol. The van der Waals surface area contributed by atoms with Crippen molar-refractivity contribution in [2.45, 2.75) is 25.3 Å². The summed E-state index contributed by atoms with van der Waals surface area (Å²) in [6.45, 7) is 0. The van der Waals surface area contributed by atoms with Gasteiger partial charge in [0.2, 0.25) is 0 Å². The Morgan fingerprint density at radius 2 is 1.97 bits per heavy atom. The van der Waals surface area contributed by atoms with Crippen LogP contribution in [0.1, 0.15) is 40.7 Å². The van der Waals surface area contributed by atoms with Crippen molar-refractivity contribution in [2.75, 3.05) is 10.6 Å². The van der Waals surface area contributed by atoms with Crippen LogP contribution in [-0.2, 0) is 0 Å². The molecule has 1 amide bonds. The number of nitriles is 1. The highest BCUT2D eigenvalue weighted by Crippen LogP contribution is 2.30. The van der Waals surface area contributed by atoms with Crippen LogP contribution in [0.2, 0.25) is 0 Å². The molecule has 0 saturated carbocycles. The van der Waals surface area contributed by atoms with Crippen molar-refractivity contribution in [1.82, 2.24) is 15.0 Å². The van der Waals surface area contributed by atoms with E-state index in [0.717, 1.165) is 24.8 Å². The Labute approximate surface area is 179 Å². The SMILES string of the molecule is N#Cc1ccc(C2=CCC(Nc3cc(Nc4cnccn4)ncc3C(N)=O)CC2)cc1. The lowest BCUT2D eigenvalue weighted by Gasteiger charge is -2.25. The molecule has 8 nitrogen and oxygen atoms in total. The minimum absolute atomic E-state index is 0.159. The monoisotopic (exact) mass is 411 g/mol. The number of carbonyl (C=O) groups excluding carboxylic acids is 1. The van der Waals surface area contributed by atoms with Gasteiger partial charge in [-0.15, -0.1) is 0 Å². The minimum Gasteiger partial charge on any atom is -0.381 e. The van der Waals surface area contributed by atoms with E-state index in [1.54, 1.807) is 24.7 Å². The lowest BCUT2D eigenvalue weighted by atomic mass is 9.90. The molecule has 31 heavy (non-hydrogen) atoms. The lowest BCUT2D eigenvalue weighted by Crippen LogP contribution is -2.24. The molecule has 4 rings (SSSR count). The molecule has 1 aliphatic rings. The van der Waals surface area contributed by atoms with E-state index < -0.39 is 5.91 Å². The largest absolute Gasteiger partial charge is 0.381 e. The Morgan fingerprint density at radius 1 is 1.13 bits per heavy atom. The van der Waals surface area contributed by atoms with E-state index in [2.05, 4.69) is 37.7 Å². The number of carbonyl (C=O) groups is 1. The van der Waals surface area contributed by atoms with Crippen LogP contribution in [0, 0.1) is 11.3 Å². The standard InChI is InChI=1S/C23H21N7O/c24-12-15-1-3-16(4-2-15)17-5-7-18(8-6-17)29-20-11-21(28-13-19(20)23(25)31)30-22-14-26-9-10-27-22/h1-5,9-11,13-14,18H,6-8H2,(H2,25,31)(H2,27,28,29,30). The number of aromatic nitrogens is 3. The van der Waals surface area contributed by atoms with Crippen LogP contribution in [0.15, 0.2) is 61.2 Å². The fourth-order valence-electron chi connectivity index (χ4n) is 3.54. The number of allylic oxidation sites excluding steroid dienone is 1. The highest BCUT2D eigenvalue weighted by atomic mass is 16.1. The van der Waals surface area contributed by atoms with Gasteiger partial charge in [0.05, 0.1) is 29.1 Å². The van der Waals surface area contributed by atoms with E-state index in [4.69, 9.17) is 11.0 Å². The Hall–Kier alpha value is -4.25. The zero-order valence-electron chi connectivity index (χ0n) is 16.7. The first-order chi connectivity index (χ1) is 15.1. The second-order valence-electron chi connectivity index (χ2n) is 7.23. The molecule has 1 aliphatic carbocycles. The summed E-state index contributed by atoms with van der Waals surface area (Å²) >= 11 is 0. The Morgan fingerprint density at radius 3 is 2.61 bits per heavy atom. The lowest BCUT2D eigenvalue weighted by molar-refractivity contribution is 0.100. The molecule has 0 radical (unpaired) electrons. The topological polar surface area (TPSA) is 130 Å². The average Bonchev–Trinajstić information content (AvgIpc) is 2.80. The fourth-order valence-corrected chi connectivity index (χ4v) is 3.54. The van der Waals surface area contributed by atoms with Gasteiger partial charge in [-0.05, 0) is 42.5 Å². The number of rotatable bonds is 6. The van der Waals surface area contributed by atoms with Gasteiger partial charge in [0.25, 0.3) is 5.91 Å². The molecule has 154 valence electrons. The maximum atomic E-state index is 11.9. The number of nitrogens with zero attached hydrogens (tertiary/aromatic N) is 4. The highest BCUT2D eigenvalue weighted by molar-refractivity contribution is 5.98. The molecule has 0 bridgehead atoms. The number of benzene rings is 1. The number of hydrogen-bond acceptors (Lipinski definition) is 7. The van der Waals surface area contributed by atoms with Crippen LogP contribution in [0.4, 0.5) is 17.3 Å². The average molecular weight is 411 g/mol. The summed E-state index contributed by atoms with van der Waals surface area (Å²) in [5.74, 6) is 0.559. The molecule has 0 aliphatic heterocycles. The second-order valence-corrected chi connectivity index (χ2v) is 7.23. The smallest absolute Gasteiger partial charge is 0.252 e. The van der Waals surface area contributed by atoms with E-state index in [0.29, 0.717) is 28.5 Å². The molecule has 2 aromatic heterocycles. The van der Waals surface area contributed by atoms with Gasteiger partial charge in [-0.1, -0.05) is 18.2 Å². The summed E-state index contributed by atoms with van der Waals surface area (Å²) in [6, 6.07) is 11.7. The van der Waals surface area contributed by atoms with Crippen molar-refractivity contribution in [2.24, 2.45) is 5.73 Å². The van der Waals surface area contributed by atoms with E-state index in [1.807, 2.05) is 24.3 Å². The first kappa shape index (κ1) is 20.0. The number of pyridine rings is 1. The van der Waals surface area contributed by atoms with Gasteiger partial charge in [0, 0.05) is 30.7 Å². The maximum Gasteiger partial charge on any atom is 0.252 e. The van der Waals surface area contributed by atoms with Crippen molar-refractivity contribution in [1.29, 1.82) is 5.26 Å². The van der Waals surface area contributed by atoms with Crippen LogP contribution in [0.5, 0.6) is 0 Å². The molecule has 8 heteroatoms. The highest BCUT2D eigenvalue weighted by Gasteiger charge is 2.18. The normalized spacial score (nSPS) is 15.5. The molecule has 0 fully saturated rings. The van der Waals surface area contributed by atoms with E-state index >= 15 is 0 Å². The van der Waals surface area contributed by atoms with Crippen LogP contribution >= 0.6 is 0 Å². The van der Waals surface area contributed by atoms with E-state index in [9.17, 15) is 4.79 Å². The van der Waals surface area contributed by atoms with Crippen molar-refractivity contribution in [3.05, 3.63) is 77.9 Å². The number of amides is 1. The van der Waals surface area contributed by atoms with Crippen molar-refractivity contribution >= 4 is 28.8 Å². The summed E-state index contributed by atoms with van der Waals surface area (Å²) < 4.78 is 0. The zero-order valence-corrected chi connectivity index (χ0v) is 16.7. The van der Waals surface area contributed by atoms with Crippen LogP contribution < -0.4 is 16.4 Å². The van der Waals surface area contributed by atoms with Gasteiger partial charge in [-0.3, -0.25) is 9.78 Å². The molecular formula is C23H21N7O. The summed E-state index contributed by atoms with van der Waals surface area (Å²) in [7, 11) is 0. The summed E-state index contributed by atoms with van der Waals surface area (Å²) in [5, 5.41) is 15.5. The molecule has 2 heterocycles. The number of nitrogens with one attached hydrogen (secondary N) is 2. The molecule has 4 N–H and O–H groups in total. The van der Waals surface area contributed by atoms with Gasteiger partial charge in [-0.25, -0.2) is 9.97 Å². The van der Waals surface area contributed by atoms with Crippen LogP contribution in [0.25, 0.3) is 5.57 Å². The van der Waals surface area contributed by atoms with Gasteiger partial charge in [0.15, 0.2) is 0 Å². The zero-order chi connectivity index (χ0) is 21.6. The van der Waals surface area contributed by atoms with E-state index in [1.165, 1.54) is 11.8 Å². The third-order valence-corrected chi connectivity index (χ3v) is 5.14. The molecule has 1 atom stereocenters. The van der Waals surface area contributed by atoms with E-state index in [-0.39, 0.29) is 6.04 Å². The molecule has 1 unspecified atom stereocenters. The molecule has 3 aromatic rings. The predicted octanol–water partition coefficient (Wildman–Crippen LogP) is 3.63. The number of nitrogens with two attached hydrogens (primary N) is 1. The second kappa shape index (κ2) is 9.05. The third-order valence-electron chi connectivity index (χ3n) is 5.14. The van der Waals surface area contributed by atoms with Crippen LogP contribution in [-0.4, -0.2) is 26.9 Å². The third kappa shape index (κ3) is 4.85.